The van der Waals surface area contributed by atoms with Gasteiger partial charge in [-0.25, -0.2) is 4.79 Å². The van der Waals surface area contributed by atoms with E-state index in [1.165, 1.54) is 19.3 Å². The van der Waals surface area contributed by atoms with Crippen LogP contribution in [-0.4, -0.2) is 54.2 Å². The first-order valence-corrected chi connectivity index (χ1v) is 7.51. The number of unbranched alkanes of at least 4 members (excludes halogenated alkanes) is 2. The van der Waals surface area contributed by atoms with E-state index in [2.05, 4.69) is 11.8 Å². The molecule has 1 aliphatic rings. The van der Waals surface area contributed by atoms with Gasteiger partial charge in [0.15, 0.2) is 0 Å². The topological polar surface area (TPSA) is 32.8 Å². The number of carbonyl (C=O) groups excluding carboxylic acids is 1. The number of ether oxygens (including phenoxy) is 1. The molecule has 1 atom stereocenters. The van der Waals surface area contributed by atoms with Crippen molar-refractivity contribution in [1.82, 2.24) is 9.80 Å². The van der Waals surface area contributed by atoms with Gasteiger partial charge in [0.1, 0.15) is 5.60 Å². The second kappa shape index (κ2) is 7.13. The van der Waals surface area contributed by atoms with Crippen LogP contribution >= 0.6 is 0 Å². The third-order valence-corrected chi connectivity index (χ3v) is 3.55. The summed E-state index contributed by atoms with van der Waals surface area (Å²) in [6.07, 6.45) is 4.67. The molecule has 0 bridgehead atoms. The van der Waals surface area contributed by atoms with Gasteiger partial charge in [0.05, 0.1) is 0 Å². The Morgan fingerprint density at radius 1 is 1.37 bits per heavy atom. The summed E-state index contributed by atoms with van der Waals surface area (Å²) in [4.78, 5) is 16.2. The highest BCUT2D eigenvalue weighted by Crippen LogP contribution is 2.18. The van der Waals surface area contributed by atoms with Crippen molar-refractivity contribution in [3.63, 3.8) is 0 Å². The lowest BCUT2D eigenvalue weighted by Crippen LogP contribution is -2.42. The van der Waals surface area contributed by atoms with Crippen molar-refractivity contribution in [2.75, 3.05) is 26.7 Å². The third-order valence-electron chi connectivity index (χ3n) is 3.55. The average Bonchev–Trinajstić information content (AvgIpc) is 2.75. The van der Waals surface area contributed by atoms with E-state index in [0.717, 1.165) is 26.1 Å². The fourth-order valence-electron chi connectivity index (χ4n) is 2.40. The highest BCUT2D eigenvalue weighted by atomic mass is 16.6. The summed E-state index contributed by atoms with van der Waals surface area (Å²) in [6.45, 7) is 11.2. The Morgan fingerprint density at radius 3 is 2.63 bits per heavy atom. The Balaban J connectivity index is 2.35. The molecule has 0 radical (unpaired) electrons. The van der Waals surface area contributed by atoms with Gasteiger partial charge in [0.2, 0.25) is 0 Å². The van der Waals surface area contributed by atoms with Crippen LogP contribution in [0.3, 0.4) is 0 Å². The number of hydrogen-bond acceptors (Lipinski definition) is 3. The van der Waals surface area contributed by atoms with Crippen molar-refractivity contribution in [3.8, 4) is 0 Å². The predicted octanol–water partition coefficient (Wildman–Crippen LogP) is 3.12. The van der Waals surface area contributed by atoms with E-state index in [9.17, 15) is 4.79 Å². The van der Waals surface area contributed by atoms with Gasteiger partial charge in [0.25, 0.3) is 0 Å². The van der Waals surface area contributed by atoms with Gasteiger partial charge in [-0.15, -0.1) is 0 Å². The fraction of sp³-hybridized carbons (Fsp3) is 0.933. The van der Waals surface area contributed by atoms with Crippen LogP contribution in [-0.2, 0) is 4.74 Å². The maximum atomic E-state index is 12.0. The number of nitrogens with zero attached hydrogens (tertiary/aromatic N) is 2. The van der Waals surface area contributed by atoms with Crippen LogP contribution in [0.4, 0.5) is 4.79 Å². The molecule has 0 aromatic carbocycles. The molecule has 0 aromatic rings. The normalized spacial score (nSPS) is 20.6. The molecule has 4 heteroatoms. The number of likely N-dealkylation sites (tertiary alicyclic amines) is 1. The van der Waals surface area contributed by atoms with Gasteiger partial charge in [-0.1, -0.05) is 19.8 Å². The largest absolute Gasteiger partial charge is 0.444 e. The molecule has 1 heterocycles. The van der Waals surface area contributed by atoms with E-state index in [1.54, 1.807) is 4.90 Å². The molecule has 0 saturated carbocycles. The second-order valence-corrected chi connectivity index (χ2v) is 6.54. The van der Waals surface area contributed by atoms with Crippen molar-refractivity contribution >= 4 is 6.09 Å². The lowest BCUT2D eigenvalue weighted by atomic mass is 10.2. The number of amides is 1. The minimum atomic E-state index is -0.412. The summed E-state index contributed by atoms with van der Waals surface area (Å²) in [6, 6.07) is 0.302. The third kappa shape index (κ3) is 5.81. The van der Waals surface area contributed by atoms with Crippen molar-refractivity contribution in [2.24, 2.45) is 0 Å². The number of rotatable bonds is 5. The quantitative estimate of drug-likeness (QED) is 0.720. The predicted molar refractivity (Wildman–Crippen MR) is 78.4 cm³/mol. The minimum Gasteiger partial charge on any atom is -0.444 e. The minimum absolute atomic E-state index is 0.201. The molecule has 1 unspecified atom stereocenters. The van der Waals surface area contributed by atoms with E-state index in [4.69, 9.17) is 4.74 Å². The van der Waals surface area contributed by atoms with Crippen molar-refractivity contribution in [1.29, 1.82) is 0 Å². The first kappa shape index (κ1) is 16.3. The highest BCUT2D eigenvalue weighted by Gasteiger charge is 2.30. The molecule has 1 amide bonds. The standard InChI is InChI=1S/C15H30N2O2/c1-6-7-8-10-17-11-9-13(12-17)16(5)14(18)19-15(2,3)4/h13H,6-12H2,1-5H3. The summed E-state index contributed by atoms with van der Waals surface area (Å²) in [5.74, 6) is 0. The van der Waals surface area contributed by atoms with Crippen LogP contribution in [0.25, 0.3) is 0 Å². The Bertz CT molecular complexity index is 286. The molecule has 1 rings (SSSR count). The Hall–Kier alpha value is -0.770. The van der Waals surface area contributed by atoms with Crippen LogP contribution in [0.2, 0.25) is 0 Å². The Morgan fingerprint density at radius 2 is 2.05 bits per heavy atom. The summed E-state index contributed by atoms with van der Waals surface area (Å²) in [5, 5.41) is 0. The summed E-state index contributed by atoms with van der Waals surface area (Å²) < 4.78 is 5.41. The average molecular weight is 270 g/mol. The Kier molecular flexibility index (Phi) is 6.11. The second-order valence-electron chi connectivity index (χ2n) is 6.54. The lowest BCUT2D eigenvalue weighted by molar-refractivity contribution is 0.0228. The zero-order valence-electron chi connectivity index (χ0n) is 13.2. The van der Waals surface area contributed by atoms with Gasteiger partial charge < -0.3 is 14.5 Å². The molecule has 4 nitrogen and oxygen atoms in total. The molecule has 1 fully saturated rings. The molecule has 112 valence electrons. The summed E-state index contributed by atoms with van der Waals surface area (Å²) >= 11 is 0. The molecule has 0 spiro atoms. The maximum Gasteiger partial charge on any atom is 0.410 e. The monoisotopic (exact) mass is 270 g/mol. The smallest absolute Gasteiger partial charge is 0.410 e. The van der Waals surface area contributed by atoms with Crippen LogP contribution in [0.1, 0.15) is 53.4 Å². The van der Waals surface area contributed by atoms with E-state index in [-0.39, 0.29) is 6.09 Å². The molecular formula is C15H30N2O2. The SMILES string of the molecule is CCCCCN1CCC(N(C)C(=O)OC(C)(C)C)C1. The number of likely N-dealkylation sites (N-methyl/N-ethyl adjacent to an activating group) is 1. The van der Waals surface area contributed by atoms with E-state index < -0.39 is 5.60 Å². The molecule has 0 aromatic heterocycles. The molecule has 19 heavy (non-hydrogen) atoms. The van der Waals surface area contributed by atoms with E-state index in [1.807, 2.05) is 27.8 Å². The maximum absolute atomic E-state index is 12.0. The van der Waals surface area contributed by atoms with Crippen molar-refractivity contribution < 1.29 is 9.53 Å². The molecular weight excluding hydrogens is 240 g/mol. The van der Waals surface area contributed by atoms with E-state index >= 15 is 0 Å². The van der Waals surface area contributed by atoms with Crippen LogP contribution in [0.5, 0.6) is 0 Å². The number of hydrogen-bond donors (Lipinski definition) is 0. The van der Waals surface area contributed by atoms with E-state index in [0.29, 0.717) is 6.04 Å². The lowest BCUT2D eigenvalue weighted by Gasteiger charge is -2.28. The highest BCUT2D eigenvalue weighted by molar-refractivity contribution is 5.68. The molecule has 0 N–H and O–H groups in total. The molecule has 1 aliphatic heterocycles. The number of carbonyl (C=O) groups is 1. The van der Waals surface area contributed by atoms with Gasteiger partial charge in [-0.3, -0.25) is 0 Å². The molecule has 0 aliphatic carbocycles. The van der Waals surface area contributed by atoms with Gasteiger partial charge in [-0.2, -0.15) is 0 Å². The van der Waals surface area contributed by atoms with Gasteiger partial charge in [0, 0.05) is 26.2 Å². The van der Waals surface area contributed by atoms with Gasteiger partial charge in [-0.05, 0) is 40.2 Å². The fourth-order valence-corrected chi connectivity index (χ4v) is 2.40. The van der Waals surface area contributed by atoms with Crippen molar-refractivity contribution in [3.05, 3.63) is 0 Å². The zero-order chi connectivity index (χ0) is 14.5. The first-order chi connectivity index (χ1) is 8.83. The van der Waals surface area contributed by atoms with Crippen LogP contribution < -0.4 is 0 Å². The zero-order valence-corrected chi connectivity index (χ0v) is 13.2. The van der Waals surface area contributed by atoms with Crippen LogP contribution in [0.15, 0.2) is 0 Å². The summed E-state index contributed by atoms with van der Waals surface area (Å²) in [5.41, 5.74) is -0.412. The summed E-state index contributed by atoms with van der Waals surface area (Å²) in [7, 11) is 1.86. The first-order valence-electron chi connectivity index (χ1n) is 7.51. The molecule has 1 saturated heterocycles. The van der Waals surface area contributed by atoms with Gasteiger partial charge >= 0.3 is 6.09 Å². The van der Waals surface area contributed by atoms with Crippen LogP contribution in [0, 0.1) is 0 Å². The van der Waals surface area contributed by atoms with Crippen molar-refractivity contribution in [2.45, 2.75) is 65.0 Å². The Labute approximate surface area is 118 Å².